The molecule has 1 aromatic rings. The third kappa shape index (κ3) is 4.62. The van der Waals surface area contributed by atoms with Crippen molar-refractivity contribution >= 4 is 17.2 Å². The maximum Gasteiger partial charge on any atom is 0.264 e. The number of hydrogen-bond donors (Lipinski definition) is 0. The van der Waals surface area contributed by atoms with Gasteiger partial charge in [-0.25, -0.2) is 0 Å². The molecule has 0 radical (unpaired) electrons. The molecule has 0 saturated heterocycles. The van der Waals surface area contributed by atoms with E-state index in [-0.39, 0.29) is 5.91 Å². The molecular formula is C15H25NO2S. The van der Waals surface area contributed by atoms with Crippen LogP contribution in [0.25, 0.3) is 0 Å². The Morgan fingerprint density at radius 1 is 1.47 bits per heavy atom. The number of hydrogen-bond acceptors (Lipinski definition) is 3. The molecule has 0 bridgehead atoms. The second-order valence-corrected chi connectivity index (χ2v) is 6.34. The topological polar surface area (TPSA) is 29.5 Å². The van der Waals surface area contributed by atoms with E-state index in [1.807, 2.05) is 11.0 Å². The first kappa shape index (κ1) is 16.2. The van der Waals surface area contributed by atoms with Crippen LogP contribution in [0, 0.1) is 12.8 Å². The molecule has 0 aliphatic heterocycles. The Kier molecular flexibility index (Phi) is 6.52. The minimum absolute atomic E-state index is 0.138. The van der Waals surface area contributed by atoms with Crippen molar-refractivity contribution in [2.75, 3.05) is 26.8 Å². The van der Waals surface area contributed by atoms with Crippen LogP contribution in [-0.2, 0) is 11.2 Å². The van der Waals surface area contributed by atoms with Gasteiger partial charge in [0.2, 0.25) is 0 Å². The molecule has 1 aromatic heterocycles. The summed E-state index contributed by atoms with van der Waals surface area (Å²) in [7, 11) is 1.67. The highest BCUT2D eigenvalue weighted by Gasteiger charge is 2.19. The molecular weight excluding hydrogens is 258 g/mol. The molecule has 4 heteroatoms. The van der Waals surface area contributed by atoms with Crippen LogP contribution in [0.4, 0.5) is 0 Å². The quantitative estimate of drug-likeness (QED) is 0.768. The summed E-state index contributed by atoms with van der Waals surface area (Å²) in [5.74, 6) is 0.603. The van der Waals surface area contributed by atoms with E-state index in [1.54, 1.807) is 18.4 Å². The smallest absolute Gasteiger partial charge is 0.264 e. The number of ether oxygens (including phenoxy) is 1. The van der Waals surface area contributed by atoms with Crippen molar-refractivity contribution < 1.29 is 9.53 Å². The molecule has 19 heavy (non-hydrogen) atoms. The van der Waals surface area contributed by atoms with Gasteiger partial charge >= 0.3 is 0 Å². The first-order valence-electron chi connectivity index (χ1n) is 6.87. The largest absolute Gasteiger partial charge is 0.383 e. The standard InChI is InChI=1S/C15H25NO2S/c1-6-13-12(4)9-14(19-13)15(17)16(7-8-18-5)10-11(2)3/h9,11H,6-8,10H2,1-5H3. The summed E-state index contributed by atoms with van der Waals surface area (Å²) in [4.78, 5) is 16.6. The van der Waals surface area contributed by atoms with E-state index in [0.29, 0.717) is 19.1 Å². The highest BCUT2D eigenvalue weighted by atomic mass is 32.1. The maximum atomic E-state index is 12.5. The Hall–Kier alpha value is -0.870. The number of carbonyl (C=O) groups excluding carboxylic acids is 1. The molecule has 0 spiro atoms. The van der Waals surface area contributed by atoms with Crippen LogP contribution >= 0.6 is 11.3 Å². The van der Waals surface area contributed by atoms with Gasteiger partial charge in [-0.2, -0.15) is 0 Å². The zero-order valence-corrected chi connectivity index (χ0v) is 13.5. The van der Waals surface area contributed by atoms with Crippen molar-refractivity contribution in [1.29, 1.82) is 0 Å². The van der Waals surface area contributed by atoms with E-state index in [0.717, 1.165) is 17.8 Å². The highest BCUT2D eigenvalue weighted by molar-refractivity contribution is 7.14. The molecule has 0 atom stereocenters. The number of aryl methyl sites for hydroxylation is 2. The SMILES string of the molecule is CCc1sc(C(=O)N(CCOC)CC(C)C)cc1C. The summed E-state index contributed by atoms with van der Waals surface area (Å²) in [5.41, 5.74) is 1.23. The molecule has 0 aromatic carbocycles. The summed E-state index contributed by atoms with van der Waals surface area (Å²) in [6.45, 7) is 10.5. The van der Waals surface area contributed by atoms with Gasteiger partial charge in [0.05, 0.1) is 11.5 Å². The summed E-state index contributed by atoms with van der Waals surface area (Å²) in [5, 5.41) is 0. The lowest BCUT2D eigenvalue weighted by atomic mass is 10.2. The molecule has 0 saturated carbocycles. The normalized spacial score (nSPS) is 11.1. The predicted octanol–water partition coefficient (Wildman–Crippen LogP) is 3.36. The van der Waals surface area contributed by atoms with Crippen LogP contribution in [0.3, 0.4) is 0 Å². The van der Waals surface area contributed by atoms with Crippen molar-refractivity contribution in [3.8, 4) is 0 Å². The van der Waals surface area contributed by atoms with Gasteiger partial charge in [0, 0.05) is 25.1 Å². The lowest BCUT2D eigenvalue weighted by Crippen LogP contribution is -2.36. The van der Waals surface area contributed by atoms with Crippen LogP contribution < -0.4 is 0 Å². The van der Waals surface area contributed by atoms with Crippen molar-refractivity contribution in [3.63, 3.8) is 0 Å². The summed E-state index contributed by atoms with van der Waals surface area (Å²) >= 11 is 1.62. The van der Waals surface area contributed by atoms with Gasteiger partial charge in [0.1, 0.15) is 0 Å². The molecule has 0 aliphatic rings. The van der Waals surface area contributed by atoms with E-state index in [1.165, 1.54) is 10.4 Å². The van der Waals surface area contributed by atoms with Crippen LogP contribution in [0.2, 0.25) is 0 Å². The van der Waals surface area contributed by atoms with Gasteiger partial charge in [-0.15, -0.1) is 11.3 Å². The zero-order valence-electron chi connectivity index (χ0n) is 12.7. The molecule has 3 nitrogen and oxygen atoms in total. The molecule has 0 N–H and O–H groups in total. The number of thiophene rings is 1. The van der Waals surface area contributed by atoms with Crippen molar-refractivity contribution in [2.24, 2.45) is 5.92 Å². The van der Waals surface area contributed by atoms with E-state index in [2.05, 4.69) is 27.7 Å². The van der Waals surface area contributed by atoms with Crippen molar-refractivity contribution in [3.05, 3.63) is 21.4 Å². The molecule has 108 valence electrons. The van der Waals surface area contributed by atoms with Crippen LogP contribution in [-0.4, -0.2) is 37.6 Å². The van der Waals surface area contributed by atoms with Crippen molar-refractivity contribution in [1.82, 2.24) is 4.90 Å². The van der Waals surface area contributed by atoms with E-state index < -0.39 is 0 Å². The van der Waals surface area contributed by atoms with Gasteiger partial charge in [-0.3, -0.25) is 4.79 Å². The summed E-state index contributed by atoms with van der Waals surface area (Å²) in [6, 6.07) is 2.02. The maximum absolute atomic E-state index is 12.5. The number of rotatable bonds is 7. The molecule has 0 fully saturated rings. The van der Waals surface area contributed by atoms with Gasteiger partial charge in [0.25, 0.3) is 5.91 Å². The lowest BCUT2D eigenvalue weighted by Gasteiger charge is -2.23. The summed E-state index contributed by atoms with van der Waals surface area (Å²) in [6.07, 6.45) is 0.992. The molecule has 1 rings (SSSR count). The predicted molar refractivity (Wildman–Crippen MR) is 81.1 cm³/mol. The van der Waals surface area contributed by atoms with Gasteiger partial charge in [-0.05, 0) is 30.9 Å². The van der Waals surface area contributed by atoms with Crippen molar-refractivity contribution in [2.45, 2.75) is 34.1 Å². The Morgan fingerprint density at radius 2 is 2.16 bits per heavy atom. The van der Waals surface area contributed by atoms with Crippen LogP contribution in [0.5, 0.6) is 0 Å². The second kappa shape index (κ2) is 7.65. The van der Waals surface area contributed by atoms with Crippen LogP contribution in [0.15, 0.2) is 6.07 Å². The Labute approximate surface area is 120 Å². The molecule has 0 aliphatic carbocycles. The Morgan fingerprint density at radius 3 is 2.63 bits per heavy atom. The Balaban J connectivity index is 2.84. The second-order valence-electron chi connectivity index (χ2n) is 5.21. The Bertz CT molecular complexity index is 412. The molecule has 1 heterocycles. The molecule has 0 unspecified atom stereocenters. The first-order valence-corrected chi connectivity index (χ1v) is 7.68. The molecule has 1 amide bonds. The minimum Gasteiger partial charge on any atom is -0.383 e. The fourth-order valence-corrected chi connectivity index (χ4v) is 3.13. The minimum atomic E-state index is 0.138. The third-order valence-electron chi connectivity index (χ3n) is 2.99. The zero-order chi connectivity index (χ0) is 14.4. The number of carbonyl (C=O) groups is 1. The van der Waals surface area contributed by atoms with Crippen LogP contribution in [0.1, 0.15) is 40.9 Å². The lowest BCUT2D eigenvalue weighted by molar-refractivity contribution is 0.0677. The first-order chi connectivity index (χ1) is 8.99. The third-order valence-corrected chi connectivity index (χ3v) is 4.36. The number of nitrogens with zero attached hydrogens (tertiary/aromatic N) is 1. The average Bonchev–Trinajstić information content (AvgIpc) is 2.74. The number of amides is 1. The van der Waals surface area contributed by atoms with Gasteiger partial charge < -0.3 is 9.64 Å². The van der Waals surface area contributed by atoms with Gasteiger partial charge in [0.15, 0.2) is 0 Å². The average molecular weight is 283 g/mol. The van der Waals surface area contributed by atoms with Gasteiger partial charge in [-0.1, -0.05) is 20.8 Å². The monoisotopic (exact) mass is 283 g/mol. The fraction of sp³-hybridized carbons (Fsp3) is 0.667. The fourth-order valence-electron chi connectivity index (χ4n) is 2.05. The highest BCUT2D eigenvalue weighted by Crippen LogP contribution is 2.24. The summed E-state index contributed by atoms with van der Waals surface area (Å²) < 4.78 is 5.10. The van der Waals surface area contributed by atoms with E-state index in [4.69, 9.17) is 4.74 Å². The number of methoxy groups -OCH3 is 1. The van der Waals surface area contributed by atoms with E-state index >= 15 is 0 Å². The van der Waals surface area contributed by atoms with E-state index in [9.17, 15) is 4.79 Å².